The first-order valence-corrected chi connectivity index (χ1v) is 28.1. The van der Waals surface area contributed by atoms with E-state index in [2.05, 4.69) is 27.7 Å². The van der Waals surface area contributed by atoms with E-state index in [1.165, 1.54) is 244 Å². The van der Waals surface area contributed by atoms with Gasteiger partial charge in [0.05, 0.1) is 0 Å². The third-order valence-electron chi connectivity index (χ3n) is 12.7. The van der Waals surface area contributed by atoms with Gasteiger partial charge >= 0.3 is 270 Å². The first-order valence-electron chi connectivity index (χ1n) is 25.2. The molecule has 0 radical (unpaired) electrons. The molecule has 0 nitrogen and oxygen atoms in total. The average molecular weight is 737 g/mol. The van der Waals surface area contributed by atoms with E-state index < -0.39 is 7.26 Å². The summed E-state index contributed by atoms with van der Waals surface area (Å²) in [6.45, 7) is 9.41. The maximum absolute atomic E-state index is 2.43. The summed E-state index contributed by atoms with van der Waals surface area (Å²) in [5, 5.41) is 0. The fourth-order valence-corrected chi connectivity index (χ4v) is 14.6. The van der Waals surface area contributed by atoms with E-state index in [1.54, 1.807) is 50.3 Å². The van der Waals surface area contributed by atoms with E-state index >= 15 is 0 Å². The van der Waals surface area contributed by atoms with Crippen LogP contribution in [0, 0.1) is 0 Å². The minimum absolute atomic E-state index is 1.13. The number of hydrogen-bond donors (Lipinski definition) is 0. The van der Waals surface area contributed by atoms with E-state index in [1.807, 2.05) is 0 Å². The third-order valence-corrected chi connectivity index (χ3v) is 18.4. The van der Waals surface area contributed by atoms with Crippen molar-refractivity contribution in [3.63, 3.8) is 0 Å². The predicted molar refractivity (Wildman–Crippen MR) is 244 cm³/mol. The predicted octanol–water partition coefficient (Wildman–Crippen LogP) is 19.2. The molecule has 0 atom stereocenters. The van der Waals surface area contributed by atoms with Crippen molar-refractivity contribution in [3.8, 4) is 0 Å². The molecule has 0 aromatic rings. The summed E-state index contributed by atoms with van der Waals surface area (Å²) >= 11 is 0. The molecule has 0 amide bonds. The number of rotatable bonds is 46. The number of unbranched alkanes of at least 4 members (excludes halogenated alkanes) is 38. The van der Waals surface area contributed by atoms with E-state index in [0.717, 1.165) is 0 Å². The maximum atomic E-state index is 2.43. The Kier molecular flexibility index (Phi) is 45.2. The van der Waals surface area contributed by atoms with Crippen LogP contribution in [0.2, 0.25) is 0 Å². The second-order valence-corrected chi connectivity index (χ2v) is 22.9. The fourth-order valence-electron chi connectivity index (χ4n) is 9.05. The minimum Gasteiger partial charge on any atom is -0.0654 e. The van der Waals surface area contributed by atoms with Crippen molar-refractivity contribution in [3.05, 3.63) is 0 Å². The zero-order chi connectivity index (χ0) is 37.0. The Morgan fingerprint density at radius 1 is 0.157 bits per heavy atom. The summed E-state index contributed by atoms with van der Waals surface area (Å²) in [4.78, 5) is 0. The molecule has 0 aliphatic rings. The van der Waals surface area contributed by atoms with Crippen molar-refractivity contribution in [2.24, 2.45) is 0 Å². The van der Waals surface area contributed by atoms with Gasteiger partial charge < -0.3 is 0 Å². The Bertz CT molecular complexity index is 524. The molecule has 1 heteroatoms. The third kappa shape index (κ3) is 39.9. The standard InChI is InChI=1S/C50H105P/c1-5-9-13-16-19-22-25-28-31-34-37-40-44-48-51(47-43-12-8-4,49-45-41-38-35-32-29-26-23-20-17-14-10-6-2)50-46-42-39-36-33-30-27-24-21-18-15-11-7-3/h51H,5-50H2,1-4H3. The van der Waals surface area contributed by atoms with Crippen molar-refractivity contribution in [1.82, 2.24) is 0 Å². The molecular formula is C50H105P. The van der Waals surface area contributed by atoms with Crippen LogP contribution < -0.4 is 0 Å². The van der Waals surface area contributed by atoms with Gasteiger partial charge in [-0.15, -0.1) is 0 Å². The van der Waals surface area contributed by atoms with Crippen LogP contribution >= 0.6 is 7.26 Å². The second kappa shape index (κ2) is 44.8. The van der Waals surface area contributed by atoms with Crippen molar-refractivity contribution in [2.45, 2.75) is 297 Å². The van der Waals surface area contributed by atoms with Crippen molar-refractivity contribution >= 4 is 7.26 Å². The van der Waals surface area contributed by atoms with E-state index in [9.17, 15) is 0 Å². The summed E-state index contributed by atoms with van der Waals surface area (Å²) < 4.78 is 0. The van der Waals surface area contributed by atoms with Gasteiger partial charge in [-0.05, 0) is 0 Å². The van der Waals surface area contributed by atoms with Crippen molar-refractivity contribution < 1.29 is 0 Å². The Morgan fingerprint density at radius 3 is 0.451 bits per heavy atom. The van der Waals surface area contributed by atoms with Crippen LogP contribution in [0.15, 0.2) is 0 Å². The van der Waals surface area contributed by atoms with Crippen LogP contribution in [-0.2, 0) is 0 Å². The zero-order valence-corrected chi connectivity index (χ0v) is 38.0. The summed E-state index contributed by atoms with van der Waals surface area (Å²) in [7, 11) is -1.13. The molecule has 0 aliphatic carbocycles. The molecule has 0 fully saturated rings. The van der Waals surface area contributed by atoms with Gasteiger partial charge in [0, 0.05) is 0 Å². The van der Waals surface area contributed by atoms with Gasteiger partial charge in [-0.2, -0.15) is 0 Å². The van der Waals surface area contributed by atoms with Gasteiger partial charge in [-0.3, -0.25) is 0 Å². The van der Waals surface area contributed by atoms with Crippen LogP contribution in [0.25, 0.3) is 0 Å². The quantitative estimate of drug-likeness (QED) is 0.0431. The average Bonchev–Trinajstić information content (AvgIpc) is 3.14. The summed E-state index contributed by atoms with van der Waals surface area (Å²) in [6, 6.07) is 0. The molecule has 0 saturated carbocycles. The van der Waals surface area contributed by atoms with Gasteiger partial charge in [-0.25, -0.2) is 0 Å². The van der Waals surface area contributed by atoms with Gasteiger partial charge in [-0.1, -0.05) is 59.3 Å². The fraction of sp³-hybridized carbons (Fsp3) is 1.00. The minimum atomic E-state index is -1.13. The van der Waals surface area contributed by atoms with Gasteiger partial charge in [0.15, 0.2) is 0 Å². The van der Waals surface area contributed by atoms with E-state index in [0.29, 0.717) is 0 Å². The Morgan fingerprint density at radius 2 is 0.275 bits per heavy atom. The van der Waals surface area contributed by atoms with Crippen LogP contribution in [0.5, 0.6) is 0 Å². The molecule has 0 aromatic carbocycles. The van der Waals surface area contributed by atoms with Gasteiger partial charge in [0.2, 0.25) is 0 Å². The SMILES string of the molecule is CCCCCCCCCCCCCCC[PH](CCCCC)(CCCCCCCCCCCCCCC)CCCCCCCCCCCCCCC. The molecule has 51 heavy (non-hydrogen) atoms. The van der Waals surface area contributed by atoms with Crippen molar-refractivity contribution in [1.29, 1.82) is 0 Å². The molecule has 0 saturated heterocycles. The van der Waals surface area contributed by atoms with E-state index in [-0.39, 0.29) is 0 Å². The normalized spacial score (nSPS) is 12.3. The molecule has 0 spiro atoms. The molecule has 0 aromatic heterocycles. The topological polar surface area (TPSA) is 0 Å². The molecule has 0 heterocycles. The Hall–Kier alpha value is 0.430. The number of hydrogen-bond acceptors (Lipinski definition) is 0. The molecule has 0 bridgehead atoms. The molecule has 0 N–H and O–H groups in total. The first kappa shape index (κ1) is 51.4. The summed E-state index contributed by atoms with van der Waals surface area (Å²) in [6.07, 6.45) is 69.4. The van der Waals surface area contributed by atoms with Crippen LogP contribution in [0.3, 0.4) is 0 Å². The Labute approximate surface area is 328 Å². The van der Waals surface area contributed by atoms with Gasteiger partial charge in [0.25, 0.3) is 0 Å². The molecule has 0 rings (SSSR count). The molecule has 310 valence electrons. The van der Waals surface area contributed by atoms with Crippen LogP contribution in [0.1, 0.15) is 297 Å². The first-order chi connectivity index (χ1) is 25.2. The summed E-state index contributed by atoms with van der Waals surface area (Å²) in [5.41, 5.74) is 0. The Balaban J connectivity index is 4.53. The molecule has 0 aliphatic heterocycles. The van der Waals surface area contributed by atoms with Gasteiger partial charge in [0.1, 0.15) is 0 Å². The van der Waals surface area contributed by atoms with Crippen molar-refractivity contribution in [2.75, 3.05) is 24.6 Å². The van der Waals surface area contributed by atoms with Crippen LogP contribution in [0.4, 0.5) is 0 Å². The monoisotopic (exact) mass is 737 g/mol. The summed E-state index contributed by atoms with van der Waals surface area (Å²) in [5.74, 6) is 0. The zero-order valence-electron chi connectivity index (χ0n) is 37.0. The second-order valence-electron chi connectivity index (χ2n) is 17.9. The van der Waals surface area contributed by atoms with Crippen LogP contribution in [-0.4, -0.2) is 24.6 Å². The molecule has 0 unspecified atom stereocenters. The smallest absolute Gasteiger partial charge is 0.0654 e. The molecular weight excluding hydrogens is 632 g/mol. The van der Waals surface area contributed by atoms with E-state index in [4.69, 9.17) is 0 Å².